The molecule has 1 saturated heterocycles. The first-order chi connectivity index (χ1) is 8.76. The van der Waals surface area contributed by atoms with Crippen molar-refractivity contribution in [1.82, 2.24) is 4.90 Å². The van der Waals surface area contributed by atoms with Crippen LogP contribution in [0.3, 0.4) is 0 Å². The average Bonchev–Trinajstić information content (AvgIpc) is 2.89. The summed E-state index contributed by atoms with van der Waals surface area (Å²) in [4.78, 5) is 2.35. The molecule has 0 spiro atoms. The summed E-state index contributed by atoms with van der Waals surface area (Å²) in [6.07, 6.45) is 1.93. The number of rotatable bonds is 5. The van der Waals surface area contributed by atoms with E-state index in [9.17, 15) is 5.11 Å². The summed E-state index contributed by atoms with van der Waals surface area (Å²) >= 11 is 0. The number of hydrogen-bond acceptors (Lipinski definition) is 3. The molecule has 18 heavy (non-hydrogen) atoms. The van der Waals surface area contributed by atoms with Crippen molar-refractivity contribution in [2.75, 3.05) is 20.2 Å². The Kier molecular flexibility index (Phi) is 4.75. The molecule has 1 aliphatic rings. The highest BCUT2D eigenvalue weighted by atomic mass is 16.5. The van der Waals surface area contributed by atoms with Gasteiger partial charge in [0.05, 0.1) is 12.2 Å². The molecular weight excluding hydrogens is 226 g/mol. The molecule has 0 amide bonds. The van der Waals surface area contributed by atoms with Gasteiger partial charge in [-0.1, -0.05) is 37.3 Å². The van der Waals surface area contributed by atoms with Crippen LogP contribution >= 0.6 is 0 Å². The maximum Gasteiger partial charge on any atom is 0.0945 e. The summed E-state index contributed by atoms with van der Waals surface area (Å²) in [5, 5.41) is 10.5. The Hall–Kier alpha value is -0.900. The second-order valence-electron chi connectivity index (χ2n) is 4.97. The minimum Gasteiger partial charge on any atom is -0.387 e. The van der Waals surface area contributed by atoms with Crippen molar-refractivity contribution >= 4 is 0 Å². The van der Waals surface area contributed by atoms with Gasteiger partial charge >= 0.3 is 0 Å². The number of aliphatic hydroxyl groups excluding tert-OH is 1. The van der Waals surface area contributed by atoms with Gasteiger partial charge in [-0.05, 0) is 18.4 Å². The molecule has 1 N–H and O–H groups in total. The second-order valence-corrected chi connectivity index (χ2v) is 4.97. The third-order valence-corrected chi connectivity index (χ3v) is 3.90. The van der Waals surface area contributed by atoms with E-state index in [4.69, 9.17) is 4.74 Å². The Morgan fingerprint density at radius 3 is 2.67 bits per heavy atom. The van der Waals surface area contributed by atoms with E-state index in [1.807, 2.05) is 30.3 Å². The van der Waals surface area contributed by atoms with Crippen molar-refractivity contribution in [3.8, 4) is 0 Å². The zero-order chi connectivity index (χ0) is 13.0. The molecule has 0 aromatic heterocycles. The van der Waals surface area contributed by atoms with Crippen LogP contribution in [0.5, 0.6) is 0 Å². The van der Waals surface area contributed by atoms with Gasteiger partial charge in [0.15, 0.2) is 0 Å². The van der Waals surface area contributed by atoms with Crippen molar-refractivity contribution < 1.29 is 9.84 Å². The van der Waals surface area contributed by atoms with E-state index >= 15 is 0 Å². The number of likely N-dealkylation sites (tertiary alicyclic amines) is 1. The number of benzene rings is 1. The standard InChI is InChI=1S/C15H23NO2/c1-3-14(16-10-9-13(11-16)18-2)15(17)12-7-5-4-6-8-12/h4-8,13-15,17H,3,9-11H2,1-2H3. The summed E-state index contributed by atoms with van der Waals surface area (Å²) in [7, 11) is 1.77. The van der Waals surface area contributed by atoms with E-state index in [-0.39, 0.29) is 6.04 Å². The van der Waals surface area contributed by atoms with Crippen molar-refractivity contribution in [2.24, 2.45) is 0 Å². The van der Waals surface area contributed by atoms with Crippen LogP contribution < -0.4 is 0 Å². The summed E-state index contributed by atoms with van der Waals surface area (Å²) in [6.45, 7) is 4.08. The van der Waals surface area contributed by atoms with Gasteiger partial charge in [0.2, 0.25) is 0 Å². The number of ether oxygens (including phenoxy) is 1. The fourth-order valence-corrected chi connectivity index (χ4v) is 2.80. The summed E-state index contributed by atoms with van der Waals surface area (Å²) < 4.78 is 5.40. The first kappa shape index (κ1) is 13.5. The lowest BCUT2D eigenvalue weighted by atomic mass is 9.99. The minimum atomic E-state index is -0.410. The molecule has 0 aliphatic carbocycles. The van der Waals surface area contributed by atoms with Crippen molar-refractivity contribution in [3.63, 3.8) is 0 Å². The molecule has 0 saturated carbocycles. The van der Waals surface area contributed by atoms with E-state index in [0.29, 0.717) is 6.10 Å². The second kappa shape index (κ2) is 6.32. The average molecular weight is 249 g/mol. The van der Waals surface area contributed by atoms with Gasteiger partial charge in [0, 0.05) is 26.2 Å². The first-order valence-corrected chi connectivity index (χ1v) is 6.76. The SMILES string of the molecule is CCC(C(O)c1ccccc1)N1CCC(OC)C1. The molecule has 2 rings (SSSR count). The van der Waals surface area contributed by atoms with Crippen molar-refractivity contribution in [1.29, 1.82) is 0 Å². The Bertz CT molecular complexity index is 355. The molecule has 1 heterocycles. The zero-order valence-corrected chi connectivity index (χ0v) is 11.2. The van der Waals surface area contributed by atoms with Gasteiger partial charge in [-0.3, -0.25) is 4.90 Å². The van der Waals surface area contributed by atoms with Gasteiger partial charge < -0.3 is 9.84 Å². The lowest BCUT2D eigenvalue weighted by Gasteiger charge is -2.31. The maximum atomic E-state index is 10.5. The fraction of sp³-hybridized carbons (Fsp3) is 0.600. The van der Waals surface area contributed by atoms with Crippen LogP contribution in [-0.4, -0.2) is 42.4 Å². The monoisotopic (exact) mass is 249 g/mol. The van der Waals surface area contributed by atoms with Crippen LogP contribution in [0.1, 0.15) is 31.4 Å². The number of aliphatic hydroxyl groups is 1. The first-order valence-electron chi connectivity index (χ1n) is 6.76. The molecule has 3 unspecified atom stereocenters. The Morgan fingerprint density at radius 1 is 1.39 bits per heavy atom. The molecule has 1 aromatic carbocycles. The lowest BCUT2D eigenvalue weighted by molar-refractivity contribution is 0.0439. The largest absolute Gasteiger partial charge is 0.387 e. The molecule has 1 fully saturated rings. The summed E-state index contributed by atoms with van der Waals surface area (Å²) in [5.41, 5.74) is 1.00. The quantitative estimate of drug-likeness (QED) is 0.868. The summed E-state index contributed by atoms with van der Waals surface area (Å²) in [5.74, 6) is 0. The van der Waals surface area contributed by atoms with Crippen LogP contribution in [-0.2, 0) is 4.74 Å². The molecule has 1 aliphatic heterocycles. The van der Waals surface area contributed by atoms with Crippen LogP contribution in [0.2, 0.25) is 0 Å². The van der Waals surface area contributed by atoms with Gasteiger partial charge in [-0.2, -0.15) is 0 Å². The zero-order valence-electron chi connectivity index (χ0n) is 11.2. The highest BCUT2D eigenvalue weighted by Crippen LogP contribution is 2.26. The van der Waals surface area contributed by atoms with Gasteiger partial charge in [0.25, 0.3) is 0 Å². The molecule has 3 heteroatoms. The highest BCUT2D eigenvalue weighted by molar-refractivity contribution is 5.19. The van der Waals surface area contributed by atoms with E-state index in [0.717, 1.165) is 31.5 Å². The maximum absolute atomic E-state index is 10.5. The molecule has 1 aromatic rings. The number of hydrogen-bond donors (Lipinski definition) is 1. The van der Waals surface area contributed by atoms with Gasteiger partial charge in [-0.25, -0.2) is 0 Å². The Balaban J connectivity index is 2.05. The molecule has 100 valence electrons. The third kappa shape index (κ3) is 2.91. The van der Waals surface area contributed by atoms with Crippen LogP contribution in [0.15, 0.2) is 30.3 Å². The van der Waals surface area contributed by atoms with Crippen LogP contribution in [0.4, 0.5) is 0 Å². The number of nitrogens with zero attached hydrogens (tertiary/aromatic N) is 1. The summed E-state index contributed by atoms with van der Waals surface area (Å²) in [6, 6.07) is 10.1. The smallest absolute Gasteiger partial charge is 0.0945 e. The molecule has 0 bridgehead atoms. The topological polar surface area (TPSA) is 32.7 Å². The molecule has 3 atom stereocenters. The van der Waals surface area contributed by atoms with E-state index in [1.54, 1.807) is 7.11 Å². The third-order valence-electron chi connectivity index (χ3n) is 3.90. The van der Waals surface area contributed by atoms with E-state index in [1.165, 1.54) is 0 Å². The highest BCUT2D eigenvalue weighted by Gasteiger charge is 2.31. The predicted octanol–water partition coefficient (Wildman–Crippen LogP) is 2.22. The van der Waals surface area contributed by atoms with Crippen LogP contribution in [0, 0.1) is 0 Å². The predicted molar refractivity (Wildman–Crippen MR) is 72.5 cm³/mol. The van der Waals surface area contributed by atoms with E-state index < -0.39 is 6.10 Å². The van der Waals surface area contributed by atoms with Gasteiger partial charge in [-0.15, -0.1) is 0 Å². The van der Waals surface area contributed by atoms with Gasteiger partial charge in [0.1, 0.15) is 0 Å². The van der Waals surface area contributed by atoms with Crippen LogP contribution in [0.25, 0.3) is 0 Å². The Labute approximate surface area is 109 Å². The molecule has 0 radical (unpaired) electrons. The minimum absolute atomic E-state index is 0.188. The fourth-order valence-electron chi connectivity index (χ4n) is 2.80. The van der Waals surface area contributed by atoms with Crippen molar-refractivity contribution in [3.05, 3.63) is 35.9 Å². The van der Waals surface area contributed by atoms with Crippen molar-refractivity contribution in [2.45, 2.75) is 38.0 Å². The molecular formula is C15H23NO2. The molecule has 3 nitrogen and oxygen atoms in total. The lowest BCUT2D eigenvalue weighted by Crippen LogP contribution is -2.38. The Morgan fingerprint density at radius 2 is 2.11 bits per heavy atom. The normalized spacial score (nSPS) is 24.1. The number of methoxy groups -OCH3 is 1. The van der Waals surface area contributed by atoms with E-state index in [2.05, 4.69) is 11.8 Å².